The van der Waals surface area contributed by atoms with Crippen molar-refractivity contribution < 1.29 is 13.2 Å². The molecule has 0 saturated heterocycles. The van der Waals surface area contributed by atoms with E-state index in [2.05, 4.69) is 21.2 Å². The second kappa shape index (κ2) is 5.60. The molecule has 0 unspecified atom stereocenters. The largest absolute Gasteiger partial charge is 0.355 e. The zero-order chi connectivity index (χ0) is 14.0. The first-order valence-electron chi connectivity index (χ1n) is 5.91. The van der Waals surface area contributed by atoms with Crippen LogP contribution in [0.2, 0.25) is 0 Å². The van der Waals surface area contributed by atoms with E-state index < -0.39 is 10.0 Å². The van der Waals surface area contributed by atoms with Gasteiger partial charge in [0.15, 0.2) is 0 Å². The summed E-state index contributed by atoms with van der Waals surface area (Å²) in [5.74, 6) is -0.195. The Kier molecular flexibility index (Phi) is 4.27. The highest BCUT2D eigenvalue weighted by Crippen LogP contribution is 2.49. The SMILES string of the molecule is NS(=O)(=O)CCNC(=O)[C@@H]1C[C@H]1c1ccccc1Br. The molecule has 1 aliphatic carbocycles. The smallest absolute Gasteiger partial charge is 0.223 e. The van der Waals surface area contributed by atoms with Crippen molar-refractivity contribution in [1.29, 1.82) is 0 Å². The Balaban J connectivity index is 1.86. The summed E-state index contributed by atoms with van der Waals surface area (Å²) in [7, 11) is -3.52. The van der Waals surface area contributed by atoms with Crippen LogP contribution in [0.3, 0.4) is 0 Å². The van der Waals surface area contributed by atoms with E-state index in [1.165, 1.54) is 0 Å². The summed E-state index contributed by atoms with van der Waals surface area (Å²) in [5, 5.41) is 7.47. The van der Waals surface area contributed by atoms with Crippen molar-refractivity contribution in [1.82, 2.24) is 5.32 Å². The van der Waals surface area contributed by atoms with Gasteiger partial charge in [-0.25, -0.2) is 13.6 Å². The van der Waals surface area contributed by atoms with E-state index in [1.54, 1.807) is 0 Å². The molecule has 1 saturated carbocycles. The molecule has 2 rings (SSSR count). The zero-order valence-corrected chi connectivity index (χ0v) is 12.6. The van der Waals surface area contributed by atoms with Crippen LogP contribution in [0, 0.1) is 5.92 Å². The van der Waals surface area contributed by atoms with Crippen LogP contribution in [-0.4, -0.2) is 26.6 Å². The van der Waals surface area contributed by atoms with Crippen molar-refractivity contribution in [3.63, 3.8) is 0 Å². The molecule has 2 atom stereocenters. The quantitative estimate of drug-likeness (QED) is 0.831. The Morgan fingerprint density at radius 3 is 2.74 bits per heavy atom. The lowest BCUT2D eigenvalue weighted by molar-refractivity contribution is -0.122. The third-order valence-electron chi connectivity index (χ3n) is 3.12. The second-order valence-corrected chi connectivity index (χ2v) is 7.22. The van der Waals surface area contributed by atoms with E-state index in [-0.39, 0.29) is 30.0 Å². The first kappa shape index (κ1) is 14.5. The molecule has 19 heavy (non-hydrogen) atoms. The zero-order valence-electron chi connectivity index (χ0n) is 10.2. The average molecular weight is 347 g/mol. The standard InChI is InChI=1S/C12H15BrN2O3S/c13-11-4-2-1-3-8(11)9-7-10(9)12(16)15-5-6-19(14,17)18/h1-4,9-10H,5-7H2,(H,15,16)(H2,14,17,18)/t9-,10+/m0/s1. The van der Waals surface area contributed by atoms with Gasteiger partial charge in [0.25, 0.3) is 0 Å². The molecule has 7 heteroatoms. The minimum atomic E-state index is -3.52. The molecule has 0 heterocycles. The van der Waals surface area contributed by atoms with E-state index in [1.807, 2.05) is 24.3 Å². The number of carbonyl (C=O) groups excluding carboxylic acids is 1. The summed E-state index contributed by atoms with van der Waals surface area (Å²) in [6.45, 7) is 0.0663. The van der Waals surface area contributed by atoms with Gasteiger partial charge in [-0.2, -0.15) is 0 Å². The Bertz CT molecular complexity index is 588. The minimum Gasteiger partial charge on any atom is -0.355 e. The first-order chi connectivity index (χ1) is 8.88. The van der Waals surface area contributed by atoms with Crippen molar-refractivity contribution in [2.45, 2.75) is 12.3 Å². The van der Waals surface area contributed by atoms with Crippen LogP contribution in [0.1, 0.15) is 17.9 Å². The fourth-order valence-corrected chi connectivity index (χ4v) is 3.02. The Labute approximate surface area is 120 Å². The molecule has 3 N–H and O–H groups in total. The topological polar surface area (TPSA) is 89.3 Å². The highest BCUT2D eigenvalue weighted by atomic mass is 79.9. The summed E-state index contributed by atoms with van der Waals surface area (Å²) in [6, 6.07) is 7.81. The van der Waals surface area contributed by atoms with Crippen LogP contribution in [0.5, 0.6) is 0 Å². The molecule has 0 spiro atoms. The van der Waals surface area contributed by atoms with Crippen molar-refractivity contribution >= 4 is 31.9 Å². The molecule has 1 amide bonds. The third-order valence-corrected chi connectivity index (χ3v) is 4.61. The number of amides is 1. The summed E-state index contributed by atoms with van der Waals surface area (Å²) in [6.07, 6.45) is 0.795. The number of nitrogens with one attached hydrogen (secondary N) is 1. The van der Waals surface area contributed by atoms with Gasteiger partial charge in [-0.15, -0.1) is 0 Å². The van der Waals surface area contributed by atoms with Crippen LogP contribution in [0.4, 0.5) is 0 Å². The number of sulfonamides is 1. The van der Waals surface area contributed by atoms with E-state index in [0.29, 0.717) is 0 Å². The Morgan fingerprint density at radius 1 is 1.42 bits per heavy atom. The maximum Gasteiger partial charge on any atom is 0.223 e. The van der Waals surface area contributed by atoms with Gasteiger partial charge in [0.1, 0.15) is 0 Å². The average Bonchev–Trinajstić information content (AvgIpc) is 3.07. The van der Waals surface area contributed by atoms with Gasteiger partial charge in [0, 0.05) is 16.9 Å². The summed E-state index contributed by atoms with van der Waals surface area (Å²) in [4.78, 5) is 11.8. The van der Waals surface area contributed by atoms with Gasteiger partial charge in [-0.05, 0) is 24.0 Å². The van der Waals surface area contributed by atoms with Crippen LogP contribution < -0.4 is 10.5 Å². The number of carbonyl (C=O) groups is 1. The maximum absolute atomic E-state index is 11.8. The Morgan fingerprint density at radius 2 is 2.11 bits per heavy atom. The fraction of sp³-hybridized carbons (Fsp3) is 0.417. The summed E-state index contributed by atoms with van der Waals surface area (Å²) >= 11 is 3.46. The van der Waals surface area contributed by atoms with Gasteiger partial charge in [0.2, 0.25) is 15.9 Å². The molecule has 0 aliphatic heterocycles. The fourth-order valence-electron chi connectivity index (χ4n) is 2.05. The highest BCUT2D eigenvalue weighted by Gasteiger charge is 2.44. The molecule has 1 aromatic carbocycles. The predicted octanol–water partition coefficient (Wildman–Crippen LogP) is 0.957. The molecule has 104 valence electrons. The van der Waals surface area contributed by atoms with Gasteiger partial charge in [-0.3, -0.25) is 4.79 Å². The highest BCUT2D eigenvalue weighted by molar-refractivity contribution is 9.10. The molecular formula is C12H15BrN2O3S. The minimum absolute atomic E-state index is 0.0663. The van der Waals surface area contributed by atoms with Crippen molar-refractivity contribution in [3.05, 3.63) is 34.3 Å². The second-order valence-electron chi connectivity index (χ2n) is 4.63. The van der Waals surface area contributed by atoms with Crippen LogP contribution in [0.25, 0.3) is 0 Å². The lowest BCUT2D eigenvalue weighted by Gasteiger charge is -2.05. The van der Waals surface area contributed by atoms with E-state index in [0.717, 1.165) is 16.5 Å². The lowest BCUT2D eigenvalue weighted by atomic mass is 10.1. The maximum atomic E-state index is 11.8. The predicted molar refractivity (Wildman–Crippen MR) is 76.0 cm³/mol. The monoisotopic (exact) mass is 346 g/mol. The molecule has 0 aromatic heterocycles. The van der Waals surface area contributed by atoms with Gasteiger partial charge in [-0.1, -0.05) is 34.1 Å². The number of nitrogens with two attached hydrogens (primary N) is 1. The van der Waals surface area contributed by atoms with Crippen molar-refractivity contribution in [2.75, 3.05) is 12.3 Å². The molecule has 1 aromatic rings. The number of hydrogen-bond acceptors (Lipinski definition) is 3. The molecule has 1 fully saturated rings. The molecule has 0 radical (unpaired) electrons. The van der Waals surface area contributed by atoms with Gasteiger partial charge < -0.3 is 5.32 Å². The number of rotatable bonds is 5. The molecule has 1 aliphatic rings. The normalized spacial score (nSPS) is 22.0. The van der Waals surface area contributed by atoms with E-state index in [4.69, 9.17) is 5.14 Å². The van der Waals surface area contributed by atoms with Crippen LogP contribution in [-0.2, 0) is 14.8 Å². The van der Waals surface area contributed by atoms with E-state index in [9.17, 15) is 13.2 Å². The molecular weight excluding hydrogens is 332 g/mol. The first-order valence-corrected chi connectivity index (χ1v) is 8.42. The molecule has 0 bridgehead atoms. The lowest BCUT2D eigenvalue weighted by Crippen LogP contribution is -2.32. The van der Waals surface area contributed by atoms with Crippen molar-refractivity contribution in [2.24, 2.45) is 11.1 Å². The summed E-state index contributed by atoms with van der Waals surface area (Å²) < 4.78 is 22.5. The number of primary sulfonamides is 1. The van der Waals surface area contributed by atoms with Crippen LogP contribution in [0.15, 0.2) is 28.7 Å². The number of benzene rings is 1. The van der Waals surface area contributed by atoms with E-state index >= 15 is 0 Å². The van der Waals surface area contributed by atoms with Crippen LogP contribution >= 0.6 is 15.9 Å². The third kappa shape index (κ3) is 4.02. The number of hydrogen-bond donors (Lipinski definition) is 2. The van der Waals surface area contributed by atoms with Crippen molar-refractivity contribution in [3.8, 4) is 0 Å². The molecule has 5 nitrogen and oxygen atoms in total. The van der Waals surface area contributed by atoms with Gasteiger partial charge in [0.05, 0.1) is 5.75 Å². The Hall–Kier alpha value is -0.920. The number of halogens is 1. The van der Waals surface area contributed by atoms with Gasteiger partial charge >= 0.3 is 0 Å². The summed E-state index contributed by atoms with van der Waals surface area (Å²) in [5.41, 5.74) is 1.12.